The van der Waals surface area contributed by atoms with E-state index in [0.29, 0.717) is 19.7 Å². The first-order chi connectivity index (χ1) is 17.7. The minimum absolute atomic E-state index is 0.231. The average molecular weight is 517 g/mol. The van der Waals surface area contributed by atoms with Gasteiger partial charge >= 0.3 is 0 Å². The van der Waals surface area contributed by atoms with Crippen LogP contribution in [0.3, 0.4) is 0 Å². The Morgan fingerprint density at radius 2 is 0.889 bits per heavy atom. The molecule has 2 atom stereocenters. The number of aliphatic hydroxyl groups is 2. The summed E-state index contributed by atoms with van der Waals surface area (Å²) >= 11 is 0. The van der Waals surface area contributed by atoms with E-state index in [2.05, 4.69) is 24.5 Å². The summed E-state index contributed by atoms with van der Waals surface area (Å²) in [5.74, 6) is 0. The average Bonchev–Trinajstić information content (AvgIpc) is 2.87. The molecule has 6 heteroatoms. The van der Waals surface area contributed by atoms with Crippen LogP contribution in [0.15, 0.2) is 0 Å². The van der Waals surface area contributed by atoms with Crippen molar-refractivity contribution >= 4 is 0 Å². The lowest BCUT2D eigenvalue weighted by Gasteiger charge is -2.12. The molecule has 36 heavy (non-hydrogen) atoms. The lowest BCUT2D eigenvalue weighted by atomic mass is 10.1. The molecule has 0 rings (SSSR count). The third-order valence-electron chi connectivity index (χ3n) is 6.68. The highest BCUT2D eigenvalue weighted by atomic mass is 16.5. The fourth-order valence-electron chi connectivity index (χ4n) is 4.27. The molecule has 4 N–H and O–H groups in total. The second-order valence-corrected chi connectivity index (χ2v) is 10.5. The Morgan fingerprint density at radius 3 is 1.53 bits per heavy atom. The maximum atomic E-state index is 10.1. The van der Waals surface area contributed by atoms with Crippen molar-refractivity contribution in [3.63, 3.8) is 0 Å². The summed E-state index contributed by atoms with van der Waals surface area (Å²) in [7, 11) is 0. The zero-order chi connectivity index (χ0) is 26.4. The third-order valence-corrected chi connectivity index (χ3v) is 6.68. The van der Waals surface area contributed by atoms with E-state index in [1.807, 2.05) is 0 Å². The first-order valence-electron chi connectivity index (χ1n) is 15.6. The van der Waals surface area contributed by atoms with Crippen LogP contribution in [0, 0.1) is 0 Å². The molecule has 0 amide bonds. The van der Waals surface area contributed by atoms with Gasteiger partial charge in [0.15, 0.2) is 0 Å². The Balaban J connectivity index is 3.21. The highest BCUT2D eigenvalue weighted by molar-refractivity contribution is 4.61. The van der Waals surface area contributed by atoms with Crippen LogP contribution in [0.4, 0.5) is 0 Å². The fraction of sp³-hybridized carbons (Fsp3) is 1.00. The molecular weight excluding hydrogens is 452 g/mol. The van der Waals surface area contributed by atoms with Gasteiger partial charge in [-0.3, -0.25) is 0 Å². The van der Waals surface area contributed by atoms with Crippen molar-refractivity contribution in [1.82, 2.24) is 10.6 Å². The van der Waals surface area contributed by atoms with Crippen molar-refractivity contribution < 1.29 is 19.7 Å². The van der Waals surface area contributed by atoms with Gasteiger partial charge in [-0.2, -0.15) is 0 Å². The van der Waals surface area contributed by atoms with Crippen LogP contribution >= 0.6 is 0 Å². The van der Waals surface area contributed by atoms with E-state index in [1.54, 1.807) is 0 Å². The number of hydrogen-bond acceptors (Lipinski definition) is 6. The first-order valence-corrected chi connectivity index (χ1v) is 15.6. The lowest BCUT2D eigenvalue weighted by molar-refractivity contribution is 0.116. The van der Waals surface area contributed by atoms with Crippen LogP contribution < -0.4 is 10.6 Å². The van der Waals surface area contributed by atoms with Gasteiger partial charge < -0.3 is 30.3 Å². The second kappa shape index (κ2) is 31.0. The van der Waals surface area contributed by atoms with Gasteiger partial charge in [0.1, 0.15) is 0 Å². The normalized spacial score (nSPS) is 13.3. The SMILES string of the molecule is CCCCCCCCCCC(O)CNCCOCCCCCNCC(O)CCCCOCCCCC. The smallest absolute Gasteiger partial charge is 0.0664 e. The van der Waals surface area contributed by atoms with Crippen LogP contribution in [-0.2, 0) is 9.47 Å². The highest BCUT2D eigenvalue weighted by Crippen LogP contribution is 2.10. The van der Waals surface area contributed by atoms with Crippen LogP contribution in [0.25, 0.3) is 0 Å². The predicted molar refractivity (Wildman–Crippen MR) is 154 cm³/mol. The third kappa shape index (κ3) is 30.0. The molecule has 0 saturated carbocycles. The van der Waals surface area contributed by atoms with Gasteiger partial charge in [-0.1, -0.05) is 78.1 Å². The standard InChI is InChI=1S/C30H64N2O4/c1-3-5-7-8-9-10-11-13-19-29(33)28-32-22-26-36-24-17-12-15-21-31-27-30(34)20-14-18-25-35-23-16-6-4-2/h29-34H,3-28H2,1-2H3. The summed E-state index contributed by atoms with van der Waals surface area (Å²) in [5, 5.41) is 26.8. The molecule has 0 radical (unpaired) electrons. The molecule has 0 aliphatic rings. The van der Waals surface area contributed by atoms with Crippen molar-refractivity contribution in [2.24, 2.45) is 0 Å². The number of nitrogens with one attached hydrogen (secondary N) is 2. The summed E-state index contributed by atoms with van der Waals surface area (Å²) < 4.78 is 11.3. The Hall–Kier alpha value is -0.240. The summed E-state index contributed by atoms with van der Waals surface area (Å²) in [4.78, 5) is 0. The van der Waals surface area contributed by atoms with E-state index in [1.165, 1.54) is 57.8 Å². The van der Waals surface area contributed by atoms with Crippen LogP contribution in [0.2, 0.25) is 0 Å². The topological polar surface area (TPSA) is 83.0 Å². The summed E-state index contributed by atoms with van der Waals surface area (Å²) in [6.45, 7) is 10.8. The number of unbranched alkanes of at least 4 members (excludes halogenated alkanes) is 12. The summed E-state index contributed by atoms with van der Waals surface area (Å²) in [6.07, 6.45) is 20.8. The zero-order valence-electron chi connectivity index (χ0n) is 24.3. The first kappa shape index (κ1) is 35.8. The minimum atomic E-state index is -0.250. The van der Waals surface area contributed by atoms with E-state index in [0.717, 1.165) is 90.7 Å². The summed E-state index contributed by atoms with van der Waals surface area (Å²) in [5.41, 5.74) is 0. The van der Waals surface area contributed by atoms with Gasteiger partial charge in [0, 0.05) is 39.5 Å². The van der Waals surface area contributed by atoms with Crippen molar-refractivity contribution in [2.75, 3.05) is 52.6 Å². The molecule has 0 aromatic carbocycles. The Kier molecular flexibility index (Phi) is 30.8. The fourth-order valence-corrected chi connectivity index (χ4v) is 4.27. The maximum absolute atomic E-state index is 10.1. The van der Waals surface area contributed by atoms with Gasteiger partial charge in [-0.15, -0.1) is 0 Å². The summed E-state index contributed by atoms with van der Waals surface area (Å²) in [6, 6.07) is 0. The largest absolute Gasteiger partial charge is 0.392 e. The molecule has 0 saturated heterocycles. The molecule has 218 valence electrons. The number of rotatable bonds is 31. The van der Waals surface area contributed by atoms with Gasteiger partial charge in [0.05, 0.1) is 18.8 Å². The minimum Gasteiger partial charge on any atom is -0.392 e. The molecule has 6 nitrogen and oxygen atoms in total. The number of ether oxygens (including phenoxy) is 2. The van der Waals surface area contributed by atoms with Gasteiger partial charge in [0.2, 0.25) is 0 Å². The van der Waals surface area contributed by atoms with Gasteiger partial charge in [-0.05, 0) is 57.9 Å². The van der Waals surface area contributed by atoms with Crippen molar-refractivity contribution in [2.45, 2.75) is 142 Å². The van der Waals surface area contributed by atoms with E-state index < -0.39 is 0 Å². The van der Waals surface area contributed by atoms with E-state index >= 15 is 0 Å². The Bertz CT molecular complexity index is 365. The molecule has 0 aromatic heterocycles. The molecule has 0 aromatic rings. The zero-order valence-corrected chi connectivity index (χ0v) is 24.3. The molecule has 0 spiro atoms. The van der Waals surface area contributed by atoms with Crippen molar-refractivity contribution in [3.8, 4) is 0 Å². The van der Waals surface area contributed by atoms with Gasteiger partial charge in [0.25, 0.3) is 0 Å². The molecule has 0 fully saturated rings. The Labute approximate surface area is 224 Å². The van der Waals surface area contributed by atoms with E-state index in [9.17, 15) is 10.2 Å². The van der Waals surface area contributed by atoms with Gasteiger partial charge in [-0.25, -0.2) is 0 Å². The lowest BCUT2D eigenvalue weighted by Crippen LogP contribution is -2.29. The monoisotopic (exact) mass is 516 g/mol. The highest BCUT2D eigenvalue weighted by Gasteiger charge is 2.04. The van der Waals surface area contributed by atoms with Crippen LogP contribution in [0.1, 0.15) is 129 Å². The molecular formula is C30H64N2O4. The number of aliphatic hydroxyl groups excluding tert-OH is 2. The Morgan fingerprint density at radius 1 is 0.472 bits per heavy atom. The van der Waals surface area contributed by atoms with Crippen LogP contribution in [-0.4, -0.2) is 75.0 Å². The molecule has 0 heterocycles. The second-order valence-electron chi connectivity index (χ2n) is 10.5. The molecule has 2 unspecified atom stereocenters. The van der Waals surface area contributed by atoms with Crippen LogP contribution in [0.5, 0.6) is 0 Å². The number of hydrogen-bond donors (Lipinski definition) is 4. The molecule has 0 bridgehead atoms. The molecule has 0 aliphatic carbocycles. The van der Waals surface area contributed by atoms with E-state index in [4.69, 9.17) is 9.47 Å². The molecule has 0 aliphatic heterocycles. The predicted octanol–water partition coefficient (Wildman–Crippen LogP) is 5.98. The quantitative estimate of drug-likeness (QED) is 0.0848. The van der Waals surface area contributed by atoms with E-state index in [-0.39, 0.29) is 12.2 Å². The maximum Gasteiger partial charge on any atom is 0.0664 e. The van der Waals surface area contributed by atoms with Crippen molar-refractivity contribution in [3.05, 3.63) is 0 Å². The van der Waals surface area contributed by atoms with Crippen molar-refractivity contribution in [1.29, 1.82) is 0 Å².